The van der Waals surface area contributed by atoms with E-state index in [0.717, 1.165) is 6.42 Å². The van der Waals surface area contributed by atoms with E-state index >= 15 is 0 Å². The van der Waals surface area contributed by atoms with E-state index in [2.05, 4.69) is 15.3 Å². The molecule has 3 rings (SSSR count). The number of nitrogens with one attached hydrogen (secondary N) is 1. The maximum absolute atomic E-state index is 13.9. The van der Waals surface area contributed by atoms with Crippen LogP contribution in [0.2, 0.25) is 5.02 Å². The Morgan fingerprint density at radius 1 is 1.39 bits per heavy atom. The molecule has 9 heteroatoms. The maximum atomic E-state index is 13.9. The summed E-state index contributed by atoms with van der Waals surface area (Å²) in [5, 5.41) is 14.0. The number of pyridine rings is 2. The van der Waals surface area contributed by atoms with Crippen LogP contribution in [-0.2, 0) is 0 Å². The summed E-state index contributed by atoms with van der Waals surface area (Å²) in [5.74, 6) is 0.369. The van der Waals surface area contributed by atoms with Gasteiger partial charge in [-0.15, -0.1) is 0 Å². The SMILES string of the molecule is O=[N+]([O-])c1ccc(NC2CCN(c3ncc(Cl)cc3F)C2)nc1. The van der Waals surface area contributed by atoms with E-state index in [1.54, 1.807) is 6.07 Å². The highest BCUT2D eigenvalue weighted by molar-refractivity contribution is 6.30. The van der Waals surface area contributed by atoms with Gasteiger partial charge in [0, 0.05) is 31.4 Å². The van der Waals surface area contributed by atoms with Crippen molar-refractivity contribution in [2.24, 2.45) is 0 Å². The number of nitro groups is 1. The van der Waals surface area contributed by atoms with Crippen LogP contribution in [0, 0.1) is 15.9 Å². The molecule has 0 aliphatic carbocycles. The molecule has 0 amide bonds. The van der Waals surface area contributed by atoms with Crippen molar-refractivity contribution >= 4 is 28.9 Å². The minimum atomic E-state index is -0.497. The van der Waals surface area contributed by atoms with E-state index in [1.165, 1.54) is 24.5 Å². The predicted octanol–water partition coefficient (Wildman–Crippen LogP) is 2.87. The summed E-state index contributed by atoms with van der Waals surface area (Å²) in [5.41, 5.74) is -0.0592. The smallest absolute Gasteiger partial charge is 0.287 e. The average Bonchev–Trinajstić information content (AvgIpc) is 2.96. The number of anilines is 2. The molecule has 0 aromatic carbocycles. The summed E-state index contributed by atoms with van der Waals surface area (Å²) >= 11 is 5.71. The Bertz CT molecular complexity index is 728. The second kappa shape index (κ2) is 6.33. The maximum Gasteiger partial charge on any atom is 0.287 e. The highest BCUT2D eigenvalue weighted by atomic mass is 35.5. The zero-order valence-electron chi connectivity index (χ0n) is 11.9. The Hall–Kier alpha value is -2.48. The Morgan fingerprint density at radius 2 is 2.22 bits per heavy atom. The monoisotopic (exact) mass is 337 g/mol. The zero-order chi connectivity index (χ0) is 16.4. The van der Waals surface area contributed by atoms with E-state index in [-0.39, 0.29) is 22.6 Å². The van der Waals surface area contributed by atoms with Crippen LogP contribution in [-0.4, -0.2) is 34.0 Å². The minimum Gasteiger partial charge on any atom is -0.365 e. The second-order valence-corrected chi connectivity index (χ2v) is 5.63. The van der Waals surface area contributed by atoms with Gasteiger partial charge in [0.25, 0.3) is 5.69 Å². The van der Waals surface area contributed by atoms with Crippen LogP contribution < -0.4 is 10.2 Å². The van der Waals surface area contributed by atoms with Crippen LogP contribution in [0.5, 0.6) is 0 Å². The van der Waals surface area contributed by atoms with Gasteiger partial charge in [-0.3, -0.25) is 10.1 Å². The Morgan fingerprint density at radius 3 is 2.87 bits per heavy atom. The predicted molar refractivity (Wildman–Crippen MR) is 84.3 cm³/mol. The van der Waals surface area contributed by atoms with Gasteiger partial charge in [0.1, 0.15) is 12.0 Å². The third-order valence-electron chi connectivity index (χ3n) is 3.59. The van der Waals surface area contributed by atoms with Gasteiger partial charge >= 0.3 is 0 Å². The van der Waals surface area contributed by atoms with Gasteiger partial charge in [-0.2, -0.15) is 0 Å². The third-order valence-corrected chi connectivity index (χ3v) is 3.79. The van der Waals surface area contributed by atoms with E-state index in [9.17, 15) is 14.5 Å². The normalized spacial score (nSPS) is 17.3. The van der Waals surface area contributed by atoms with Crippen molar-refractivity contribution in [3.05, 3.63) is 51.5 Å². The fourth-order valence-corrected chi connectivity index (χ4v) is 2.64. The van der Waals surface area contributed by atoms with Gasteiger partial charge in [0.15, 0.2) is 11.6 Å². The number of rotatable bonds is 4. The van der Waals surface area contributed by atoms with Crippen molar-refractivity contribution in [2.45, 2.75) is 12.5 Å². The first kappa shape index (κ1) is 15.4. The van der Waals surface area contributed by atoms with Crippen molar-refractivity contribution in [1.29, 1.82) is 0 Å². The van der Waals surface area contributed by atoms with Gasteiger partial charge in [0.05, 0.1) is 9.95 Å². The number of nitrogens with zero attached hydrogens (tertiary/aromatic N) is 4. The topological polar surface area (TPSA) is 84.2 Å². The third kappa shape index (κ3) is 3.48. The molecule has 0 radical (unpaired) electrons. The molecule has 0 bridgehead atoms. The van der Waals surface area contributed by atoms with Crippen LogP contribution >= 0.6 is 11.6 Å². The number of hydrogen-bond acceptors (Lipinski definition) is 6. The molecule has 0 saturated carbocycles. The number of halogens is 2. The first-order chi connectivity index (χ1) is 11.0. The quantitative estimate of drug-likeness (QED) is 0.682. The molecule has 1 aliphatic heterocycles. The molecule has 1 fully saturated rings. The molecule has 23 heavy (non-hydrogen) atoms. The molecule has 1 unspecified atom stereocenters. The van der Waals surface area contributed by atoms with Crippen LogP contribution in [0.4, 0.5) is 21.7 Å². The second-order valence-electron chi connectivity index (χ2n) is 5.19. The molecule has 120 valence electrons. The standard InChI is InChI=1S/C14H13ClFN5O2/c15-9-5-12(16)14(18-6-9)20-4-3-10(8-20)19-13-2-1-11(7-17-13)21(22)23/h1-2,5-7,10H,3-4,8H2,(H,17,19). The molecule has 7 nitrogen and oxygen atoms in total. The molecular weight excluding hydrogens is 325 g/mol. The van der Waals surface area contributed by atoms with Crippen molar-refractivity contribution in [3.63, 3.8) is 0 Å². The Labute approximate surface area is 136 Å². The minimum absolute atomic E-state index is 0.0563. The highest BCUT2D eigenvalue weighted by Crippen LogP contribution is 2.24. The molecule has 1 atom stereocenters. The molecule has 1 saturated heterocycles. The lowest BCUT2D eigenvalue weighted by molar-refractivity contribution is -0.385. The summed E-state index contributed by atoms with van der Waals surface area (Å²) in [4.78, 5) is 20.0. The number of aromatic nitrogens is 2. The van der Waals surface area contributed by atoms with Gasteiger partial charge in [0.2, 0.25) is 0 Å². The molecular formula is C14H13ClFN5O2. The van der Waals surface area contributed by atoms with Crippen LogP contribution in [0.3, 0.4) is 0 Å². The lowest BCUT2D eigenvalue weighted by Crippen LogP contribution is -2.27. The molecule has 1 aliphatic rings. The summed E-state index contributed by atoms with van der Waals surface area (Å²) in [6.07, 6.45) is 3.40. The fraction of sp³-hybridized carbons (Fsp3) is 0.286. The Balaban J connectivity index is 1.64. The Kier molecular flexibility index (Phi) is 4.24. The van der Waals surface area contributed by atoms with Crippen LogP contribution in [0.1, 0.15) is 6.42 Å². The highest BCUT2D eigenvalue weighted by Gasteiger charge is 2.25. The van der Waals surface area contributed by atoms with Crippen molar-refractivity contribution in [1.82, 2.24) is 9.97 Å². The van der Waals surface area contributed by atoms with Crippen molar-refractivity contribution in [3.8, 4) is 0 Å². The zero-order valence-corrected chi connectivity index (χ0v) is 12.7. The molecule has 1 N–H and O–H groups in total. The summed E-state index contributed by atoms with van der Waals surface area (Å²) in [6.45, 7) is 1.21. The van der Waals surface area contributed by atoms with Gasteiger partial charge in [-0.25, -0.2) is 14.4 Å². The summed E-state index contributed by atoms with van der Waals surface area (Å²) in [6, 6.07) is 4.24. The number of hydrogen-bond donors (Lipinski definition) is 1. The first-order valence-electron chi connectivity index (χ1n) is 6.96. The van der Waals surface area contributed by atoms with Crippen LogP contribution in [0.25, 0.3) is 0 Å². The van der Waals surface area contributed by atoms with Gasteiger partial charge < -0.3 is 10.2 Å². The molecule has 2 aromatic heterocycles. The molecule has 3 heterocycles. The fourth-order valence-electron chi connectivity index (χ4n) is 2.50. The lowest BCUT2D eigenvalue weighted by atomic mass is 10.2. The first-order valence-corrected chi connectivity index (χ1v) is 7.33. The molecule has 2 aromatic rings. The van der Waals surface area contributed by atoms with Gasteiger partial charge in [-0.1, -0.05) is 11.6 Å². The van der Waals surface area contributed by atoms with E-state index in [4.69, 9.17) is 11.6 Å². The van der Waals surface area contributed by atoms with Gasteiger partial charge in [-0.05, 0) is 18.6 Å². The lowest BCUT2D eigenvalue weighted by Gasteiger charge is -2.18. The largest absolute Gasteiger partial charge is 0.365 e. The van der Waals surface area contributed by atoms with Crippen molar-refractivity contribution < 1.29 is 9.31 Å². The average molecular weight is 338 g/mol. The summed E-state index contributed by atoms with van der Waals surface area (Å²) in [7, 11) is 0. The molecule has 0 spiro atoms. The van der Waals surface area contributed by atoms with Crippen LogP contribution in [0.15, 0.2) is 30.6 Å². The van der Waals surface area contributed by atoms with E-state index in [1.807, 2.05) is 4.90 Å². The van der Waals surface area contributed by atoms with Crippen molar-refractivity contribution in [2.75, 3.05) is 23.3 Å². The van der Waals surface area contributed by atoms with E-state index in [0.29, 0.717) is 18.9 Å². The van der Waals surface area contributed by atoms with E-state index < -0.39 is 10.7 Å². The summed E-state index contributed by atoms with van der Waals surface area (Å²) < 4.78 is 13.9.